The topological polar surface area (TPSA) is 48.4 Å². The van der Waals surface area contributed by atoms with Gasteiger partial charge in [-0.05, 0) is 51.3 Å². The van der Waals surface area contributed by atoms with Gasteiger partial charge in [-0.2, -0.15) is 0 Å². The lowest BCUT2D eigenvalue weighted by atomic mass is 10.1. The van der Waals surface area contributed by atoms with Crippen molar-refractivity contribution >= 4 is 17.3 Å². The molecule has 0 aliphatic rings. The Balaban J connectivity index is 2.01. The third kappa shape index (κ3) is 4.56. The highest BCUT2D eigenvalue weighted by Crippen LogP contribution is 2.20. The first-order valence-corrected chi connectivity index (χ1v) is 8.05. The number of hydrogen-bond donors (Lipinski definition) is 0. The highest BCUT2D eigenvalue weighted by atomic mass is 32.1. The first kappa shape index (κ1) is 16.5. The summed E-state index contributed by atoms with van der Waals surface area (Å²) < 4.78 is 10.5. The van der Waals surface area contributed by atoms with Crippen LogP contribution in [-0.4, -0.2) is 23.7 Å². The molecule has 5 heteroatoms. The van der Waals surface area contributed by atoms with Crippen LogP contribution in [0.5, 0.6) is 5.75 Å². The van der Waals surface area contributed by atoms with E-state index in [1.165, 1.54) is 16.9 Å². The average molecular weight is 319 g/mol. The third-order valence-corrected chi connectivity index (χ3v) is 3.93. The molecule has 0 aliphatic heterocycles. The van der Waals surface area contributed by atoms with Crippen molar-refractivity contribution in [3.63, 3.8) is 0 Å². The van der Waals surface area contributed by atoms with Gasteiger partial charge in [0.25, 0.3) is 0 Å². The van der Waals surface area contributed by atoms with Crippen LogP contribution in [0, 0.1) is 0 Å². The predicted molar refractivity (Wildman–Crippen MR) is 87.7 cm³/mol. The van der Waals surface area contributed by atoms with Crippen LogP contribution in [0.25, 0.3) is 0 Å². The van der Waals surface area contributed by atoms with Crippen LogP contribution in [0.1, 0.15) is 41.7 Å². The fourth-order valence-corrected chi connectivity index (χ4v) is 2.74. The van der Waals surface area contributed by atoms with E-state index in [1.807, 2.05) is 45.0 Å². The van der Waals surface area contributed by atoms with Gasteiger partial charge in [-0.15, -0.1) is 11.3 Å². The summed E-state index contributed by atoms with van der Waals surface area (Å²) in [7, 11) is 1.65. The van der Waals surface area contributed by atoms with E-state index in [2.05, 4.69) is 4.98 Å². The van der Waals surface area contributed by atoms with E-state index in [9.17, 15) is 4.79 Å². The van der Waals surface area contributed by atoms with Crippen molar-refractivity contribution in [2.75, 3.05) is 7.11 Å². The highest BCUT2D eigenvalue weighted by molar-refractivity contribution is 7.09. The van der Waals surface area contributed by atoms with E-state index >= 15 is 0 Å². The fraction of sp³-hybridized carbons (Fsp3) is 0.412. The monoisotopic (exact) mass is 319 g/mol. The molecule has 0 fully saturated rings. The largest absolute Gasteiger partial charge is 0.497 e. The van der Waals surface area contributed by atoms with E-state index in [0.29, 0.717) is 5.69 Å². The Kier molecular flexibility index (Phi) is 5.19. The number of hydrogen-bond acceptors (Lipinski definition) is 5. The Morgan fingerprint density at radius 3 is 2.45 bits per heavy atom. The molecule has 2 aromatic rings. The minimum Gasteiger partial charge on any atom is -0.497 e. The molecular weight excluding hydrogens is 298 g/mol. The molecular formula is C17H21NO3S. The maximum atomic E-state index is 12.1. The van der Waals surface area contributed by atoms with Gasteiger partial charge in [0.05, 0.1) is 12.6 Å². The van der Waals surface area contributed by atoms with Gasteiger partial charge in [-0.3, -0.25) is 0 Å². The van der Waals surface area contributed by atoms with Gasteiger partial charge >= 0.3 is 5.97 Å². The van der Waals surface area contributed by atoms with Crippen molar-refractivity contribution < 1.29 is 14.3 Å². The molecule has 0 saturated carbocycles. The molecule has 0 aliphatic carbocycles. The maximum absolute atomic E-state index is 12.1. The van der Waals surface area contributed by atoms with E-state index in [-0.39, 0.29) is 5.97 Å². The molecule has 1 aromatic heterocycles. The molecule has 0 spiro atoms. The summed E-state index contributed by atoms with van der Waals surface area (Å²) >= 11 is 1.49. The van der Waals surface area contributed by atoms with Gasteiger partial charge in [0.1, 0.15) is 11.4 Å². The molecule has 4 nitrogen and oxygen atoms in total. The van der Waals surface area contributed by atoms with Crippen LogP contribution in [-0.2, 0) is 17.6 Å². The number of aromatic nitrogens is 1. The maximum Gasteiger partial charge on any atom is 0.358 e. The van der Waals surface area contributed by atoms with Gasteiger partial charge in [0.2, 0.25) is 0 Å². The second-order valence-corrected chi connectivity index (χ2v) is 6.91. The van der Waals surface area contributed by atoms with Crippen molar-refractivity contribution in [2.24, 2.45) is 0 Å². The molecule has 0 unspecified atom stereocenters. The minimum atomic E-state index is -0.506. The molecule has 22 heavy (non-hydrogen) atoms. The number of aryl methyl sites for hydroxylation is 2. The molecule has 0 atom stereocenters. The summed E-state index contributed by atoms with van der Waals surface area (Å²) in [5, 5.41) is 0. The zero-order valence-corrected chi connectivity index (χ0v) is 14.2. The molecule has 118 valence electrons. The molecule has 1 aromatic carbocycles. The SMILES string of the molecule is COc1ccc(CCc2scnc2C(=O)OC(C)(C)C)cc1. The number of nitrogens with zero attached hydrogens (tertiary/aromatic N) is 1. The standard InChI is InChI=1S/C17H21NO3S/c1-17(2,3)21-16(19)15-14(22-11-18-15)10-7-12-5-8-13(20-4)9-6-12/h5-6,8-9,11H,7,10H2,1-4H3. The van der Waals surface area contributed by atoms with Crippen LogP contribution in [0.3, 0.4) is 0 Å². The predicted octanol–water partition coefficient (Wildman–Crippen LogP) is 3.89. The number of benzene rings is 1. The summed E-state index contributed by atoms with van der Waals surface area (Å²) in [5.74, 6) is 0.495. The van der Waals surface area contributed by atoms with E-state index in [0.717, 1.165) is 23.5 Å². The summed E-state index contributed by atoms with van der Waals surface area (Å²) in [6, 6.07) is 7.95. The van der Waals surface area contributed by atoms with Crippen LogP contribution < -0.4 is 4.74 Å². The van der Waals surface area contributed by atoms with Crippen molar-refractivity contribution in [3.8, 4) is 5.75 Å². The summed E-state index contributed by atoms with van der Waals surface area (Å²) in [6.45, 7) is 5.57. The number of ether oxygens (including phenoxy) is 2. The molecule has 0 radical (unpaired) electrons. The van der Waals surface area contributed by atoms with Gasteiger partial charge in [0, 0.05) is 4.88 Å². The minimum absolute atomic E-state index is 0.349. The van der Waals surface area contributed by atoms with Crippen molar-refractivity contribution in [1.82, 2.24) is 4.98 Å². The molecule has 1 heterocycles. The van der Waals surface area contributed by atoms with Crippen molar-refractivity contribution in [3.05, 3.63) is 45.9 Å². The lowest BCUT2D eigenvalue weighted by Gasteiger charge is -2.19. The van der Waals surface area contributed by atoms with Gasteiger partial charge in [-0.25, -0.2) is 9.78 Å². The lowest BCUT2D eigenvalue weighted by molar-refractivity contribution is 0.00626. The van der Waals surface area contributed by atoms with Gasteiger partial charge < -0.3 is 9.47 Å². The number of methoxy groups -OCH3 is 1. The molecule has 0 saturated heterocycles. The van der Waals surface area contributed by atoms with Crippen LogP contribution in [0.15, 0.2) is 29.8 Å². The molecule has 0 bridgehead atoms. The number of esters is 1. The second-order valence-electron chi connectivity index (χ2n) is 5.97. The van der Waals surface area contributed by atoms with E-state index in [1.54, 1.807) is 12.6 Å². The average Bonchev–Trinajstić information content (AvgIpc) is 2.92. The Labute approximate surface area is 135 Å². The Bertz CT molecular complexity index is 626. The van der Waals surface area contributed by atoms with Crippen molar-refractivity contribution in [2.45, 2.75) is 39.2 Å². The molecule has 0 N–H and O–H groups in total. The molecule has 2 rings (SSSR count). The Morgan fingerprint density at radius 2 is 1.86 bits per heavy atom. The van der Waals surface area contributed by atoms with E-state index in [4.69, 9.17) is 9.47 Å². The smallest absolute Gasteiger partial charge is 0.358 e. The lowest BCUT2D eigenvalue weighted by Crippen LogP contribution is -2.24. The zero-order valence-electron chi connectivity index (χ0n) is 13.4. The van der Waals surface area contributed by atoms with E-state index < -0.39 is 5.60 Å². The number of rotatable bonds is 5. The molecule has 0 amide bonds. The first-order valence-electron chi connectivity index (χ1n) is 7.17. The number of carbonyl (C=O) groups excluding carboxylic acids is 1. The number of thiazole rings is 1. The zero-order chi connectivity index (χ0) is 16.2. The number of carbonyl (C=O) groups is 1. The summed E-state index contributed by atoms with van der Waals surface area (Å²) in [4.78, 5) is 17.3. The Morgan fingerprint density at radius 1 is 1.18 bits per heavy atom. The summed E-state index contributed by atoms with van der Waals surface area (Å²) in [5.41, 5.74) is 2.83. The highest BCUT2D eigenvalue weighted by Gasteiger charge is 2.22. The second kappa shape index (κ2) is 6.92. The van der Waals surface area contributed by atoms with Crippen LogP contribution in [0.4, 0.5) is 0 Å². The van der Waals surface area contributed by atoms with Gasteiger partial charge in [-0.1, -0.05) is 12.1 Å². The Hall–Kier alpha value is -1.88. The van der Waals surface area contributed by atoms with Crippen molar-refractivity contribution in [1.29, 1.82) is 0 Å². The third-order valence-electron chi connectivity index (χ3n) is 3.03. The normalized spacial score (nSPS) is 11.3. The fourth-order valence-electron chi connectivity index (χ4n) is 1.99. The summed E-state index contributed by atoms with van der Waals surface area (Å²) in [6.07, 6.45) is 1.62. The van der Waals surface area contributed by atoms with Crippen LogP contribution >= 0.6 is 11.3 Å². The first-order chi connectivity index (χ1) is 10.4. The van der Waals surface area contributed by atoms with Gasteiger partial charge in [0.15, 0.2) is 5.69 Å². The van der Waals surface area contributed by atoms with Crippen LogP contribution in [0.2, 0.25) is 0 Å². The quantitative estimate of drug-likeness (QED) is 0.784.